The van der Waals surface area contributed by atoms with Gasteiger partial charge in [0.25, 0.3) is 0 Å². The Balaban J connectivity index is 1.05. The summed E-state index contributed by atoms with van der Waals surface area (Å²) in [6.45, 7) is 0. The van der Waals surface area contributed by atoms with Crippen LogP contribution in [0.1, 0.15) is 0 Å². The number of hydrogen-bond donors (Lipinski definition) is 0. The summed E-state index contributed by atoms with van der Waals surface area (Å²) in [5, 5.41) is 4.96. The first-order chi connectivity index (χ1) is 30.8. The zero-order chi connectivity index (χ0) is 41.0. The van der Waals surface area contributed by atoms with Gasteiger partial charge in [0.2, 0.25) is 0 Å². The first kappa shape index (κ1) is 35.7. The van der Waals surface area contributed by atoms with Crippen LogP contribution in [0.25, 0.3) is 111 Å². The third-order valence-electron chi connectivity index (χ3n) is 12.5. The highest BCUT2D eigenvalue weighted by atomic mass is 15.0. The van der Waals surface area contributed by atoms with Gasteiger partial charge in [0.05, 0.1) is 22.1 Å². The van der Waals surface area contributed by atoms with E-state index in [1.54, 1.807) is 0 Å². The fourth-order valence-electron chi connectivity index (χ4n) is 9.65. The first-order valence-electron chi connectivity index (χ1n) is 21.3. The summed E-state index contributed by atoms with van der Waals surface area (Å²) in [6.07, 6.45) is 0. The Morgan fingerprint density at radius 2 is 0.516 bits per heavy atom. The molecule has 10 aromatic carbocycles. The van der Waals surface area contributed by atoms with Crippen LogP contribution in [0, 0.1) is 0 Å². The quantitative estimate of drug-likeness (QED) is 0.152. The molecule has 12 rings (SSSR count). The summed E-state index contributed by atoms with van der Waals surface area (Å²) in [4.78, 5) is 0. The predicted molar refractivity (Wildman–Crippen MR) is 262 cm³/mol. The third kappa shape index (κ3) is 5.96. The molecule has 0 saturated heterocycles. The van der Waals surface area contributed by atoms with Gasteiger partial charge in [0.1, 0.15) is 0 Å². The van der Waals surface area contributed by atoms with Gasteiger partial charge in [-0.05, 0) is 104 Å². The fraction of sp³-hybridized carbons (Fsp3) is 0. The van der Waals surface area contributed by atoms with Crippen LogP contribution in [0.15, 0.2) is 243 Å². The van der Waals surface area contributed by atoms with Crippen molar-refractivity contribution in [1.82, 2.24) is 9.13 Å². The van der Waals surface area contributed by atoms with Gasteiger partial charge in [-0.1, -0.05) is 194 Å². The maximum absolute atomic E-state index is 2.45. The zero-order valence-electron chi connectivity index (χ0n) is 34.0. The molecule has 0 fully saturated rings. The summed E-state index contributed by atoms with van der Waals surface area (Å²) < 4.78 is 4.90. The molecule has 2 nitrogen and oxygen atoms in total. The molecular weight excluding hydrogens is 749 g/mol. The Labute approximate surface area is 360 Å². The molecule has 0 aliphatic carbocycles. The van der Waals surface area contributed by atoms with E-state index >= 15 is 0 Å². The number of rotatable bonds is 7. The van der Waals surface area contributed by atoms with E-state index in [4.69, 9.17) is 0 Å². The van der Waals surface area contributed by atoms with Crippen LogP contribution in [0.3, 0.4) is 0 Å². The molecule has 0 bridgehead atoms. The van der Waals surface area contributed by atoms with Gasteiger partial charge in [-0.2, -0.15) is 0 Å². The van der Waals surface area contributed by atoms with Crippen LogP contribution in [0.5, 0.6) is 0 Å². The van der Waals surface area contributed by atoms with Crippen molar-refractivity contribution in [3.63, 3.8) is 0 Å². The Morgan fingerprint density at radius 1 is 0.194 bits per heavy atom. The molecule has 12 aromatic rings. The lowest BCUT2D eigenvalue weighted by Crippen LogP contribution is -1.97. The average Bonchev–Trinajstić information content (AvgIpc) is 3.87. The molecule has 0 atom stereocenters. The smallest absolute Gasteiger partial charge is 0.0547 e. The van der Waals surface area contributed by atoms with Crippen molar-refractivity contribution >= 4 is 43.6 Å². The molecule has 2 aromatic heterocycles. The topological polar surface area (TPSA) is 9.86 Å². The zero-order valence-corrected chi connectivity index (χ0v) is 34.0. The maximum atomic E-state index is 2.45. The number of nitrogens with zero attached hydrogens (tertiary/aromatic N) is 2. The molecular formula is C60H40N2. The summed E-state index contributed by atoms with van der Waals surface area (Å²) in [6, 6.07) is 88.5. The van der Waals surface area contributed by atoms with E-state index in [2.05, 4.69) is 252 Å². The van der Waals surface area contributed by atoms with Crippen molar-refractivity contribution < 1.29 is 0 Å². The molecule has 62 heavy (non-hydrogen) atoms. The van der Waals surface area contributed by atoms with E-state index < -0.39 is 0 Å². The van der Waals surface area contributed by atoms with Gasteiger partial charge in [0, 0.05) is 32.9 Å². The molecule has 0 spiro atoms. The Hall–Kier alpha value is -8.20. The monoisotopic (exact) mass is 788 g/mol. The second kappa shape index (κ2) is 14.8. The molecule has 290 valence electrons. The van der Waals surface area contributed by atoms with Crippen molar-refractivity contribution in [2.45, 2.75) is 0 Å². The van der Waals surface area contributed by atoms with Crippen molar-refractivity contribution in [2.75, 3.05) is 0 Å². The Bertz CT molecular complexity index is 3360. The number of fused-ring (bicyclic) bond motifs is 6. The Morgan fingerprint density at radius 3 is 0.903 bits per heavy atom. The van der Waals surface area contributed by atoms with Crippen molar-refractivity contribution in [2.24, 2.45) is 0 Å². The van der Waals surface area contributed by atoms with Crippen molar-refractivity contribution in [3.8, 4) is 67.0 Å². The van der Waals surface area contributed by atoms with E-state index in [0.717, 1.165) is 11.4 Å². The number of benzene rings is 10. The minimum absolute atomic E-state index is 1.13. The predicted octanol–water partition coefficient (Wildman–Crippen LogP) is 16.2. The van der Waals surface area contributed by atoms with Gasteiger partial charge in [-0.15, -0.1) is 0 Å². The second-order valence-corrected chi connectivity index (χ2v) is 16.1. The summed E-state index contributed by atoms with van der Waals surface area (Å²) in [5.41, 5.74) is 19.0. The molecule has 0 amide bonds. The maximum Gasteiger partial charge on any atom is 0.0547 e. The summed E-state index contributed by atoms with van der Waals surface area (Å²) in [5.74, 6) is 0. The van der Waals surface area contributed by atoms with E-state index in [9.17, 15) is 0 Å². The van der Waals surface area contributed by atoms with Crippen molar-refractivity contribution in [3.05, 3.63) is 243 Å². The number of para-hydroxylation sites is 2. The summed E-state index contributed by atoms with van der Waals surface area (Å²) in [7, 11) is 0. The molecule has 0 unspecified atom stereocenters. The highest BCUT2D eigenvalue weighted by Gasteiger charge is 2.19. The second-order valence-electron chi connectivity index (χ2n) is 16.1. The van der Waals surface area contributed by atoms with Crippen LogP contribution < -0.4 is 0 Å². The van der Waals surface area contributed by atoms with Crippen molar-refractivity contribution in [1.29, 1.82) is 0 Å². The van der Waals surface area contributed by atoms with E-state index in [1.807, 2.05) is 0 Å². The van der Waals surface area contributed by atoms with Gasteiger partial charge in [-0.25, -0.2) is 0 Å². The lowest BCUT2D eigenvalue weighted by molar-refractivity contribution is 1.18. The molecule has 0 radical (unpaired) electrons. The largest absolute Gasteiger partial charge is 0.309 e. The molecule has 2 heterocycles. The van der Waals surface area contributed by atoms with E-state index in [1.165, 1.54) is 99.2 Å². The van der Waals surface area contributed by atoms with Gasteiger partial charge < -0.3 is 9.13 Å². The minimum Gasteiger partial charge on any atom is -0.309 e. The molecule has 0 aliphatic rings. The molecule has 0 aliphatic heterocycles. The third-order valence-corrected chi connectivity index (χ3v) is 12.5. The fourth-order valence-corrected chi connectivity index (χ4v) is 9.65. The van der Waals surface area contributed by atoms with Gasteiger partial charge >= 0.3 is 0 Å². The Kier molecular flexibility index (Phi) is 8.53. The van der Waals surface area contributed by atoms with E-state index in [0.29, 0.717) is 0 Å². The van der Waals surface area contributed by atoms with Crippen LogP contribution in [-0.4, -0.2) is 9.13 Å². The highest BCUT2D eigenvalue weighted by molar-refractivity contribution is 6.12. The van der Waals surface area contributed by atoms with Gasteiger partial charge in [0.15, 0.2) is 0 Å². The normalized spacial score (nSPS) is 11.5. The average molecular weight is 789 g/mol. The first-order valence-corrected chi connectivity index (χ1v) is 21.3. The van der Waals surface area contributed by atoms with E-state index in [-0.39, 0.29) is 0 Å². The number of aromatic nitrogens is 2. The lowest BCUT2D eigenvalue weighted by atomic mass is 9.94. The lowest BCUT2D eigenvalue weighted by Gasteiger charge is -2.16. The van der Waals surface area contributed by atoms with Crippen LogP contribution in [0.4, 0.5) is 0 Å². The molecule has 0 N–H and O–H groups in total. The van der Waals surface area contributed by atoms with Gasteiger partial charge in [-0.3, -0.25) is 0 Å². The molecule has 0 saturated carbocycles. The number of hydrogen-bond acceptors (Lipinski definition) is 0. The van der Waals surface area contributed by atoms with Crippen LogP contribution in [-0.2, 0) is 0 Å². The highest BCUT2D eigenvalue weighted by Crippen LogP contribution is 2.41. The van der Waals surface area contributed by atoms with Crippen LogP contribution >= 0.6 is 0 Å². The standard InChI is InChI=1S/C60H40N2/c1-5-17-41(18-6-1)49-35-31-47(39-55(49)43-21-9-3-10-22-43)61-57-27-15-13-25-51(57)53-33-29-45(37-59(53)61)46-30-34-54-52-26-14-16-28-58(52)62(60(54)38-46)48-32-36-50(42-19-7-2-8-20-42)56(40-48)44-23-11-4-12-24-44/h1-40H. The minimum atomic E-state index is 1.13. The molecule has 2 heteroatoms. The summed E-state index contributed by atoms with van der Waals surface area (Å²) >= 11 is 0. The SMILES string of the molecule is c1ccc(-c2ccc(-n3c4ccccc4c4ccc(-c5ccc6c7ccccc7n(-c7ccc(-c8ccccc8)c(-c8ccccc8)c7)c6c5)cc43)cc2-c2ccccc2)cc1. The van der Waals surface area contributed by atoms with Crippen LogP contribution in [0.2, 0.25) is 0 Å².